The minimum absolute atomic E-state index is 0.0332. The molecule has 0 saturated carbocycles. The van der Waals surface area contributed by atoms with Crippen LogP contribution in [0.15, 0.2) is 59.1 Å². The zero-order valence-corrected chi connectivity index (χ0v) is 12.5. The molecule has 0 fully saturated rings. The van der Waals surface area contributed by atoms with Crippen LogP contribution in [0.3, 0.4) is 0 Å². The first-order chi connectivity index (χ1) is 10.1. The van der Waals surface area contributed by atoms with Crippen LogP contribution in [0.25, 0.3) is 6.08 Å². The Morgan fingerprint density at radius 3 is 2.43 bits per heavy atom. The van der Waals surface area contributed by atoms with Gasteiger partial charge in [0.1, 0.15) is 0 Å². The van der Waals surface area contributed by atoms with Crippen LogP contribution < -0.4 is 5.32 Å². The Morgan fingerprint density at radius 2 is 1.76 bits per heavy atom. The number of carboxylic acid groups (broad SMARTS) is 1. The summed E-state index contributed by atoms with van der Waals surface area (Å²) < 4.78 is 0.517. The highest BCUT2D eigenvalue weighted by atomic mass is 79.9. The normalized spacial score (nSPS) is 10.5. The van der Waals surface area contributed by atoms with Crippen molar-refractivity contribution in [1.82, 2.24) is 0 Å². The third-order valence-electron chi connectivity index (χ3n) is 2.72. The van der Waals surface area contributed by atoms with Gasteiger partial charge in [0.25, 0.3) is 0 Å². The van der Waals surface area contributed by atoms with Gasteiger partial charge in [-0.25, -0.2) is 4.79 Å². The molecule has 0 atom stereocenters. The number of aromatic carboxylic acids is 1. The molecule has 4 nitrogen and oxygen atoms in total. The van der Waals surface area contributed by atoms with Gasteiger partial charge < -0.3 is 10.4 Å². The highest BCUT2D eigenvalue weighted by Crippen LogP contribution is 2.26. The summed E-state index contributed by atoms with van der Waals surface area (Å²) in [6.07, 6.45) is 3.02. The average molecular weight is 346 g/mol. The van der Waals surface area contributed by atoms with Crippen molar-refractivity contribution in [3.8, 4) is 0 Å². The highest BCUT2D eigenvalue weighted by Gasteiger charge is 2.14. The molecule has 2 aromatic carbocycles. The molecule has 0 aliphatic carbocycles. The van der Waals surface area contributed by atoms with E-state index in [2.05, 4.69) is 21.2 Å². The Hall–Kier alpha value is -2.40. The maximum absolute atomic E-state index is 11.9. The van der Waals surface area contributed by atoms with Crippen molar-refractivity contribution in [3.63, 3.8) is 0 Å². The lowest BCUT2D eigenvalue weighted by Crippen LogP contribution is -2.12. The molecule has 106 valence electrons. The lowest BCUT2D eigenvalue weighted by Gasteiger charge is -2.08. The largest absolute Gasteiger partial charge is 0.478 e. The SMILES string of the molecule is O=C(/C=C/c1ccccc1)Nc1c(Br)cccc1C(=O)O. The van der Waals surface area contributed by atoms with Crippen molar-refractivity contribution >= 4 is 39.6 Å². The molecule has 1 amide bonds. The van der Waals surface area contributed by atoms with E-state index in [1.165, 1.54) is 12.1 Å². The maximum atomic E-state index is 11.9. The van der Waals surface area contributed by atoms with E-state index in [0.29, 0.717) is 4.47 Å². The molecule has 0 saturated heterocycles. The van der Waals surface area contributed by atoms with Crippen molar-refractivity contribution in [2.45, 2.75) is 0 Å². The molecule has 0 bridgehead atoms. The third-order valence-corrected chi connectivity index (χ3v) is 3.38. The zero-order valence-electron chi connectivity index (χ0n) is 10.9. The first-order valence-electron chi connectivity index (χ1n) is 6.14. The number of nitrogens with one attached hydrogen (secondary N) is 1. The third kappa shape index (κ3) is 4.03. The average Bonchev–Trinajstić information content (AvgIpc) is 2.48. The summed E-state index contributed by atoms with van der Waals surface area (Å²) >= 11 is 3.24. The number of anilines is 1. The summed E-state index contributed by atoms with van der Waals surface area (Å²) in [7, 11) is 0. The summed E-state index contributed by atoms with van der Waals surface area (Å²) in [5.41, 5.74) is 1.16. The fraction of sp³-hybridized carbons (Fsp3) is 0. The van der Waals surface area contributed by atoms with Gasteiger partial charge in [0.05, 0.1) is 11.3 Å². The van der Waals surface area contributed by atoms with Gasteiger partial charge >= 0.3 is 5.97 Å². The number of carbonyl (C=O) groups excluding carboxylic acids is 1. The molecule has 0 aliphatic heterocycles. The topological polar surface area (TPSA) is 66.4 Å². The monoisotopic (exact) mass is 345 g/mol. The van der Waals surface area contributed by atoms with Crippen LogP contribution in [0.5, 0.6) is 0 Å². The minimum Gasteiger partial charge on any atom is -0.478 e. The van der Waals surface area contributed by atoms with E-state index in [-0.39, 0.29) is 11.3 Å². The van der Waals surface area contributed by atoms with E-state index in [4.69, 9.17) is 5.11 Å². The molecular weight excluding hydrogens is 334 g/mol. The summed E-state index contributed by atoms with van der Waals surface area (Å²) in [5.74, 6) is -1.49. The van der Waals surface area contributed by atoms with Crippen molar-refractivity contribution in [1.29, 1.82) is 0 Å². The molecule has 2 rings (SSSR count). The first-order valence-corrected chi connectivity index (χ1v) is 6.93. The van der Waals surface area contributed by atoms with Crippen LogP contribution in [-0.4, -0.2) is 17.0 Å². The molecule has 21 heavy (non-hydrogen) atoms. The molecular formula is C16H12BrNO3. The second kappa shape index (κ2) is 6.85. The summed E-state index contributed by atoms with van der Waals surface area (Å²) in [6.45, 7) is 0. The molecule has 0 spiro atoms. The van der Waals surface area contributed by atoms with E-state index in [9.17, 15) is 9.59 Å². The van der Waals surface area contributed by atoms with Crippen LogP contribution in [0.2, 0.25) is 0 Å². The van der Waals surface area contributed by atoms with Gasteiger partial charge in [0.15, 0.2) is 0 Å². The number of carbonyl (C=O) groups is 2. The van der Waals surface area contributed by atoms with Crippen molar-refractivity contribution < 1.29 is 14.7 Å². The molecule has 0 unspecified atom stereocenters. The lowest BCUT2D eigenvalue weighted by atomic mass is 10.1. The highest BCUT2D eigenvalue weighted by molar-refractivity contribution is 9.10. The van der Waals surface area contributed by atoms with Gasteiger partial charge in [-0.15, -0.1) is 0 Å². The molecule has 0 aliphatic rings. The van der Waals surface area contributed by atoms with E-state index in [1.54, 1.807) is 18.2 Å². The predicted molar refractivity (Wildman–Crippen MR) is 85.2 cm³/mol. The number of benzene rings is 2. The Labute approximate surface area is 130 Å². The Balaban J connectivity index is 2.17. The first kappa shape index (κ1) is 15.0. The number of carboxylic acids is 1. The van der Waals surface area contributed by atoms with Gasteiger partial charge in [-0.05, 0) is 39.7 Å². The Morgan fingerprint density at radius 1 is 1.05 bits per heavy atom. The number of halogens is 1. The smallest absolute Gasteiger partial charge is 0.337 e. The number of para-hydroxylation sites is 1. The molecule has 0 radical (unpaired) electrons. The lowest BCUT2D eigenvalue weighted by molar-refractivity contribution is -0.111. The fourth-order valence-corrected chi connectivity index (χ4v) is 2.20. The van der Waals surface area contributed by atoms with Crippen LogP contribution in [0.4, 0.5) is 5.69 Å². The van der Waals surface area contributed by atoms with Gasteiger partial charge in [-0.1, -0.05) is 36.4 Å². The summed E-state index contributed by atoms with van der Waals surface area (Å²) in [5, 5.41) is 11.7. The predicted octanol–water partition coefficient (Wildman–Crippen LogP) is 3.80. The van der Waals surface area contributed by atoms with Gasteiger partial charge in [-0.2, -0.15) is 0 Å². The zero-order chi connectivity index (χ0) is 15.2. The quantitative estimate of drug-likeness (QED) is 0.828. The number of hydrogen-bond donors (Lipinski definition) is 2. The Bertz CT molecular complexity index is 696. The fourth-order valence-electron chi connectivity index (χ4n) is 1.73. The minimum atomic E-state index is -1.10. The number of rotatable bonds is 4. The van der Waals surface area contributed by atoms with E-state index >= 15 is 0 Å². The second-order valence-electron chi connectivity index (χ2n) is 4.20. The summed E-state index contributed by atoms with van der Waals surface area (Å²) in [4.78, 5) is 23.0. The van der Waals surface area contributed by atoms with Gasteiger partial charge in [0, 0.05) is 10.5 Å². The molecule has 0 aromatic heterocycles. The van der Waals surface area contributed by atoms with Crippen LogP contribution in [0, 0.1) is 0 Å². The standard InChI is InChI=1S/C16H12BrNO3/c17-13-8-4-7-12(16(20)21)15(13)18-14(19)10-9-11-5-2-1-3-6-11/h1-10H,(H,18,19)(H,20,21)/b10-9+. The van der Waals surface area contributed by atoms with Crippen molar-refractivity contribution in [2.75, 3.05) is 5.32 Å². The maximum Gasteiger partial charge on any atom is 0.337 e. The number of hydrogen-bond acceptors (Lipinski definition) is 2. The van der Waals surface area contributed by atoms with E-state index < -0.39 is 11.9 Å². The Kier molecular flexibility index (Phi) is 4.90. The molecule has 2 N–H and O–H groups in total. The van der Waals surface area contributed by atoms with E-state index in [1.807, 2.05) is 30.3 Å². The molecule has 0 heterocycles. The van der Waals surface area contributed by atoms with Crippen LogP contribution in [0.1, 0.15) is 15.9 Å². The van der Waals surface area contributed by atoms with Gasteiger partial charge in [0.2, 0.25) is 5.91 Å². The summed E-state index contributed by atoms with van der Waals surface area (Å²) in [6, 6.07) is 14.1. The van der Waals surface area contributed by atoms with E-state index in [0.717, 1.165) is 5.56 Å². The molecule has 2 aromatic rings. The second-order valence-corrected chi connectivity index (χ2v) is 5.06. The van der Waals surface area contributed by atoms with Crippen LogP contribution >= 0.6 is 15.9 Å². The van der Waals surface area contributed by atoms with Gasteiger partial charge in [-0.3, -0.25) is 4.79 Å². The van der Waals surface area contributed by atoms with Crippen molar-refractivity contribution in [3.05, 3.63) is 70.2 Å². The molecule has 5 heteroatoms. The van der Waals surface area contributed by atoms with Crippen molar-refractivity contribution in [2.24, 2.45) is 0 Å². The number of amides is 1. The van der Waals surface area contributed by atoms with Crippen LogP contribution in [-0.2, 0) is 4.79 Å².